The Kier molecular flexibility index (Phi) is 4.70. The minimum absolute atomic E-state index is 0.649. The van der Waals surface area contributed by atoms with Crippen molar-refractivity contribution in [1.82, 2.24) is 4.57 Å². The minimum Gasteiger partial charge on any atom is -0.378 e. The summed E-state index contributed by atoms with van der Waals surface area (Å²) in [5.74, 6) is 0. The number of fused-ring (bicyclic) bond motifs is 1. The maximum Gasteiger partial charge on any atom is 0.0998 e. The van der Waals surface area contributed by atoms with Crippen LogP contribution in [0.1, 0.15) is 11.3 Å². The Balaban J connectivity index is 1.73. The molecule has 3 aromatic carbocycles. The zero-order chi connectivity index (χ0) is 19.5. The second-order valence-electron chi connectivity index (χ2n) is 6.95. The first kappa shape index (κ1) is 17.6. The largest absolute Gasteiger partial charge is 0.378 e. The van der Waals surface area contributed by atoms with Crippen LogP contribution in [0.2, 0.25) is 0 Å². The molecule has 0 spiro atoms. The Labute approximate surface area is 165 Å². The highest BCUT2D eigenvalue weighted by Crippen LogP contribution is 2.24. The second-order valence-corrected chi connectivity index (χ2v) is 6.95. The van der Waals surface area contributed by atoms with Crippen molar-refractivity contribution >= 4 is 28.1 Å². The lowest BCUT2D eigenvalue weighted by atomic mass is 10.0. The molecule has 4 rings (SSSR count). The first-order chi connectivity index (χ1) is 13.7. The summed E-state index contributed by atoms with van der Waals surface area (Å²) in [6.07, 6.45) is 3.97. The molecule has 28 heavy (non-hydrogen) atoms. The molecular weight excluding hydrogens is 342 g/mol. The number of anilines is 1. The summed E-state index contributed by atoms with van der Waals surface area (Å²) in [7, 11) is 4.06. The minimum atomic E-state index is 0.649. The van der Waals surface area contributed by atoms with Crippen molar-refractivity contribution in [2.45, 2.75) is 0 Å². The Morgan fingerprint density at radius 1 is 0.893 bits per heavy atom. The molecule has 0 saturated carbocycles. The number of aromatic nitrogens is 1. The van der Waals surface area contributed by atoms with Crippen LogP contribution in [0.5, 0.6) is 0 Å². The molecule has 3 nitrogen and oxygen atoms in total. The average Bonchev–Trinajstić information content (AvgIpc) is 3.20. The summed E-state index contributed by atoms with van der Waals surface area (Å²) >= 11 is 0. The van der Waals surface area contributed by atoms with Crippen molar-refractivity contribution in [1.29, 1.82) is 5.26 Å². The molecule has 0 fully saturated rings. The summed E-state index contributed by atoms with van der Waals surface area (Å²) in [5, 5.41) is 12.1. The Bertz CT molecular complexity index is 1190. The van der Waals surface area contributed by atoms with E-state index in [2.05, 4.69) is 64.1 Å². The van der Waals surface area contributed by atoms with Crippen molar-refractivity contribution in [2.75, 3.05) is 19.0 Å². The van der Waals surface area contributed by atoms with E-state index in [1.807, 2.05) is 56.7 Å². The van der Waals surface area contributed by atoms with Gasteiger partial charge in [0.05, 0.1) is 11.6 Å². The summed E-state index contributed by atoms with van der Waals surface area (Å²) in [6, 6.07) is 29.1. The first-order valence-corrected chi connectivity index (χ1v) is 9.22. The van der Waals surface area contributed by atoms with Crippen LogP contribution < -0.4 is 4.90 Å². The van der Waals surface area contributed by atoms with Gasteiger partial charge in [0.25, 0.3) is 0 Å². The van der Waals surface area contributed by atoms with E-state index in [9.17, 15) is 5.26 Å². The molecule has 1 heterocycles. The van der Waals surface area contributed by atoms with Crippen LogP contribution in [0.4, 0.5) is 5.69 Å². The Hall–Kier alpha value is -3.77. The Morgan fingerprint density at radius 2 is 1.64 bits per heavy atom. The summed E-state index contributed by atoms with van der Waals surface area (Å²) < 4.78 is 2.10. The highest BCUT2D eigenvalue weighted by Gasteiger charge is 2.07. The summed E-state index contributed by atoms with van der Waals surface area (Å²) in [4.78, 5) is 2.08. The third-order valence-electron chi connectivity index (χ3n) is 4.90. The van der Waals surface area contributed by atoms with E-state index in [4.69, 9.17) is 0 Å². The van der Waals surface area contributed by atoms with Crippen LogP contribution in [0, 0.1) is 11.3 Å². The van der Waals surface area contributed by atoms with Gasteiger partial charge in [0, 0.05) is 37.4 Å². The molecule has 4 aromatic rings. The quantitative estimate of drug-likeness (QED) is 0.432. The predicted molar refractivity (Wildman–Crippen MR) is 118 cm³/mol. The fourth-order valence-electron chi connectivity index (χ4n) is 3.34. The van der Waals surface area contributed by atoms with Crippen molar-refractivity contribution in [3.8, 4) is 11.8 Å². The zero-order valence-corrected chi connectivity index (χ0v) is 16.0. The monoisotopic (exact) mass is 363 g/mol. The lowest BCUT2D eigenvalue weighted by molar-refractivity contribution is 1.06. The normalized spacial score (nSPS) is 11.4. The molecule has 0 aliphatic carbocycles. The highest BCUT2D eigenvalue weighted by atomic mass is 15.1. The fraction of sp³-hybridized carbons (Fsp3) is 0.0800. The number of nitriles is 1. The molecule has 0 unspecified atom stereocenters. The highest BCUT2D eigenvalue weighted by molar-refractivity contribution is 5.94. The van der Waals surface area contributed by atoms with E-state index >= 15 is 0 Å². The number of rotatable bonds is 4. The standard InChI is InChI=1S/C25H21N3/c1-27(2)23-11-13-24(14-12-23)28-15-5-8-25(28)17-22(18-26)21-10-9-19-6-3-4-7-20(19)16-21/h3-17H,1-2H3/b22-17-. The lowest BCUT2D eigenvalue weighted by Crippen LogP contribution is -2.08. The van der Waals surface area contributed by atoms with Crippen molar-refractivity contribution in [2.24, 2.45) is 0 Å². The van der Waals surface area contributed by atoms with Crippen LogP contribution in [-0.2, 0) is 0 Å². The van der Waals surface area contributed by atoms with E-state index < -0.39 is 0 Å². The average molecular weight is 363 g/mol. The van der Waals surface area contributed by atoms with Gasteiger partial charge in [-0.15, -0.1) is 0 Å². The predicted octanol–water partition coefficient (Wildman–Crippen LogP) is 5.76. The van der Waals surface area contributed by atoms with Crippen LogP contribution in [0.15, 0.2) is 85.1 Å². The van der Waals surface area contributed by atoms with E-state index in [-0.39, 0.29) is 0 Å². The molecule has 0 N–H and O–H groups in total. The van der Waals surface area contributed by atoms with Gasteiger partial charge in [-0.2, -0.15) is 5.26 Å². The maximum absolute atomic E-state index is 9.78. The lowest BCUT2D eigenvalue weighted by Gasteiger charge is -2.14. The number of hydrogen-bond acceptors (Lipinski definition) is 2. The molecule has 0 aliphatic heterocycles. The molecule has 0 bridgehead atoms. The number of benzene rings is 3. The van der Waals surface area contributed by atoms with E-state index in [1.54, 1.807) is 0 Å². The molecule has 136 valence electrons. The van der Waals surface area contributed by atoms with Gasteiger partial charge >= 0.3 is 0 Å². The third-order valence-corrected chi connectivity index (χ3v) is 4.90. The molecule has 0 amide bonds. The molecule has 0 aliphatic rings. The summed E-state index contributed by atoms with van der Waals surface area (Å²) in [5.41, 5.74) is 4.77. The second kappa shape index (κ2) is 7.46. The zero-order valence-electron chi connectivity index (χ0n) is 16.0. The van der Waals surface area contributed by atoms with Gasteiger partial charge in [-0.3, -0.25) is 0 Å². The van der Waals surface area contributed by atoms with Gasteiger partial charge in [0.2, 0.25) is 0 Å². The Morgan fingerprint density at radius 3 is 2.36 bits per heavy atom. The number of allylic oxidation sites excluding steroid dienone is 1. The molecule has 1 aromatic heterocycles. The number of nitrogens with zero attached hydrogens (tertiary/aromatic N) is 3. The molecule has 3 heteroatoms. The maximum atomic E-state index is 9.78. The molecule has 0 radical (unpaired) electrons. The van der Waals surface area contributed by atoms with Gasteiger partial charge < -0.3 is 9.47 Å². The van der Waals surface area contributed by atoms with E-state index in [0.29, 0.717) is 5.57 Å². The van der Waals surface area contributed by atoms with Gasteiger partial charge in [0.1, 0.15) is 0 Å². The van der Waals surface area contributed by atoms with Crippen molar-refractivity contribution in [3.63, 3.8) is 0 Å². The topological polar surface area (TPSA) is 32.0 Å². The SMILES string of the molecule is CN(C)c1ccc(-n2cccc2/C=C(/C#N)c2ccc3ccccc3c2)cc1. The van der Waals surface area contributed by atoms with Crippen LogP contribution in [0.25, 0.3) is 28.1 Å². The summed E-state index contributed by atoms with van der Waals surface area (Å²) in [6.45, 7) is 0. The van der Waals surface area contributed by atoms with Crippen molar-refractivity contribution in [3.05, 3.63) is 96.3 Å². The van der Waals surface area contributed by atoms with E-state index in [0.717, 1.165) is 28.0 Å². The molecule has 0 saturated heterocycles. The first-order valence-electron chi connectivity index (χ1n) is 9.22. The molecule has 0 atom stereocenters. The van der Waals surface area contributed by atoms with Gasteiger partial charge in [-0.05, 0) is 64.9 Å². The van der Waals surface area contributed by atoms with Crippen LogP contribution >= 0.6 is 0 Å². The van der Waals surface area contributed by atoms with Crippen LogP contribution in [0.3, 0.4) is 0 Å². The van der Waals surface area contributed by atoms with Gasteiger partial charge in [-0.25, -0.2) is 0 Å². The smallest absolute Gasteiger partial charge is 0.0998 e. The fourth-order valence-corrected chi connectivity index (χ4v) is 3.34. The van der Waals surface area contributed by atoms with E-state index in [1.165, 1.54) is 5.39 Å². The van der Waals surface area contributed by atoms with Crippen molar-refractivity contribution < 1.29 is 0 Å². The number of hydrogen-bond donors (Lipinski definition) is 0. The van der Waals surface area contributed by atoms with Gasteiger partial charge in [0.15, 0.2) is 0 Å². The third kappa shape index (κ3) is 3.41. The van der Waals surface area contributed by atoms with Crippen LogP contribution in [-0.4, -0.2) is 18.7 Å². The van der Waals surface area contributed by atoms with Gasteiger partial charge in [-0.1, -0.05) is 36.4 Å². The molecular formula is C25H21N3.